The van der Waals surface area contributed by atoms with Crippen molar-refractivity contribution < 1.29 is 17.8 Å². The molecule has 0 saturated carbocycles. The van der Waals surface area contributed by atoms with Crippen molar-refractivity contribution in [1.29, 1.82) is 0 Å². The fraction of sp³-hybridized carbons (Fsp3) is 0.368. The molecule has 2 heterocycles. The number of rotatable bonds is 9. The molecule has 0 bridgehead atoms. The van der Waals surface area contributed by atoms with E-state index in [1.165, 1.54) is 16.4 Å². The quantitative estimate of drug-likeness (QED) is 0.343. The second kappa shape index (κ2) is 9.20. The summed E-state index contributed by atoms with van der Waals surface area (Å²) in [5, 5.41) is 20.6. The van der Waals surface area contributed by atoms with Crippen LogP contribution in [0.3, 0.4) is 0 Å². The molecular weight excluding hydrogens is 442 g/mol. The first kappa shape index (κ1) is 23.0. The first-order chi connectivity index (χ1) is 14.7. The average Bonchev–Trinajstić information content (AvgIpc) is 3.33. The minimum Gasteiger partial charge on any atom is -0.469 e. The van der Waals surface area contributed by atoms with Gasteiger partial charge in [-0.3, -0.25) is 10.1 Å². The Kier molecular flexibility index (Phi) is 6.82. The minimum absolute atomic E-state index is 0.112. The van der Waals surface area contributed by atoms with Gasteiger partial charge in [0.05, 0.1) is 26.5 Å². The van der Waals surface area contributed by atoms with Crippen molar-refractivity contribution in [3.8, 4) is 11.4 Å². The van der Waals surface area contributed by atoms with Crippen LogP contribution in [0.25, 0.3) is 11.4 Å². The zero-order valence-corrected chi connectivity index (χ0v) is 19.2. The van der Waals surface area contributed by atoms with Crippen molar-refractivity contribution in [2.24, 2.45) is 0 Å². The van der Waals surface area contributed by atoms with Crippen LogP contribution < -0.4 is 0 Å². The van der Waals surface area contributed by atoms with Crippen LogP contribution in [0, 0.1) is 17.0 Å². The highest BCUT2D eigenvalue weighted by atomic mass is 32.2. The minimum atomic E-state index is -3.81. The molecule has 12 heteroatoms. The number of nitro groups is 1. The van der Waals surface area contributed by atoms with E-state index < -0.39 is 14.9 Å². The zero-order valence-electron chi connectivity index (χ0n) is 17.6. The van der Waals surface area contributed by atoms with Crippen LogP contribution in [0.4, 0.5) is 5.69 Å². The summed E-state index contributed by atoms with van der Waals surface area (Å²) in [5.74, 6) is 1.29. The highest BCUT2D eigenvalue weighted by molar-refractivity contribution is 7.99. The molecule has 0 radical (unpaired) electrons. The Morgan fingerprint density at radius 3 is 2.45 bits per heavy atom. The third-order valence-corrected chi connectivity index (χ3v) is 7.90. The average molecular weight is 466 g/mol. The molecule has 10 nitrogen and oxygen atoms in total. The van der Waals surface area contributed by atoms with Gasteiger partial charge in [-0.25, -0.2) is 8.42 Å². The molecule has 0 aliphatic carbocycles. The van der Waals surface area contributed by atoms with Crippen molar-refractivity contribution >= 4 is 27.5 Å². The van der Waals surface area contributed by atoms with Crippen LogP contribution in [-0.2, 0) is 16.6 Å². The van der Waals surface area contributed by atoms with Crippen molar-refractivity contribution in [3.63, 3.8) is 0 Å². The fourth-order valence-electron chi connectivity index (χ4n) is 3.16. The summed E-state index contributed by atoms with van der Waals surface area (Å²) in [4.78, 5) is 11.3. The van der Waals surface area contributed by atoms with E-state index in [9.17, 15) is 18.5 Å². The van der Waals surface area contributed by atoms with Gasteiger partial charge in [0.15, 0.2) is 11.0 Å². The number of aryl methyl sites for hydroxylation is 1. The number of aromatic nitrogens is 3. The summed E-state index contributed by atoms with van der Waals surface area (Å²) < 4.78 is 34.0. The van der Waals surface area contributed by atoms with Gasteiger partial charge in [-0.2, -0.15) is 4.31 Å². The van der Waals surface area contributed by atoms with Crippen LogP contribution in [0.15, 0.2) is 49.9 Å². The predicted molar refractivity (Wildman–Crippen MR) is 115 cm³/mol. The number of hydrogen-bond acceptors (Lipinski definition) is 8. The van der Waals surface area contributed by atoms with Gasteiger partial charge in [-0.1, -0.05) is 13.8 Å². The lowest BCUT2D eigenvalue weighted by molar-refractivity contribution is -0.388. The van der Waals surface area contributed by atoms with Crippen LogP contribution in [0.5, 0.6) is 0 Å². The lowest BCUT2D eigenvalue weighted by Gasteiger charge is -2.18. The number of nitro benzene ring substituents is 1. The monoisotopic (exact) mass is 465 g/mol. The second-order valence-corrected chi connectivity index (χ2v) is 9.47. The molecule has 3 aromatic rings. The summed E-state index contributed by atoms with van der Waals surface area (Å²) in [5.41, 5.74) is 0.487. The van der Waals surface area contributed by atoms with Crippen LogP contribution in [-0.4, -0.2) is 45.5 Å². The highest BCUT2D eigenvalue weighted by Gasteiger charge is 2.27. The Bertz CT molecular complexity index is 1200. The largest absolute Gasteiger partial charge is 0.469 e. The van der Waals surface area contributed by atoms with Gasteiger partial charge in [0.1, 0.15) is 5.76 Å². The lowest BCUT2D eigenvalue weighted by atomic mass is 10.2. The molecule has 0 aliphatic rings. The Morgan fingerprint density at radius 1 is 1.19 bits per heavy atom. The number of benzene rings is 1. The Labute approximate surface area is 184 Å². The SMILES string of the molecule is CCN(CC)S(=O)(=O)c1ccc(Sc2nnc(-c3ccoc3C)n2CC)c([N+](=O)[O-])c1. The molecule has 0 amide bonds. The van der Waals surface area contributed by atoms with Crippen molar-refractivity contribution in [2.45, 2.75) is 49.2 Å². The molecule has 0 N–H and O–H groups in total. The molecule has 0 spiro atoms. The molecular formula is C19H23N5O5S2. The van der Waals surface area contributed by atoms with Crippen molar-refractivity contribution in [1.82, 2.24) is 19.1 Å². The Hall–Kier alpha value is -2.70. The molecule has 2 aromatic heterocycles. The molecule has 0 aliphatic heterocycles. The maximum absolute atomic E-state index is 12.8. The summed E-state index contributed by atoms with van der Waals surface area (Å²) in [6, 6.07) is 5.71. The van der Waals surface area contributed by atoms with Gasteiger partial charge in [0, 0.05) is 25.7 Å². The predicted octanol–water partition coefficient (Wildman–Crippen LogP) is 3.96. The van der Waals surface area contributed by atoms with E-state index in [0.29, 0.717) is 23.3 Å². The fourth-order valence-corrected chi connectivity index (χ4v) is 5.62. The maximum Gasteiger partial charge on any atom is 0.284 e. The van der Waals surface area contributed by atoms with E-state index in [-0.39, 0.29) is 28.6 Å². The molecule has 1 aromatic carbocycles. The number of furan rings is 1. The number of nitrogens with zero attached hydrogens (tertiary/aromatic N) is 5. The first-order valence-corrected chi connectivity index (χ1v) is 11.9. The Balaban J connectivity index is 2.02. The van der Waals surface area contributed by atoms with Gasteiger partial charge in [0.25, 0.3) is 5.69 Å². The van der Waals surface area contributed by atoms with Gasteiger partial charge in [0.2, 0.25) is 10.0 Å². The summed E-state index contributed by atoms with van der Waals surface area (Å²) in [6.45, 7) is 8.26. The van der Waals surface area contributed by atoms with Crippen LogP contribution >= 0.6 is 11.8 Å². The normalized spacial score (nSPS) is 11.9. The van der Waals surface area contributed by atoms with E-state index in [1.54, 1.807) is 26.2 Å². The zero-order chi connectivity index (χ0) is 22.8. The van der Waals surface area contributed by atoms with Gasteiger partial charge >= 0.3 is 0 Å². The van der Waals surface area contributed by atoms with Crippen LogP contribution in [0.1, 0.15) is 26.5 Å². The molecule has 166 valence electrons. The molecule has 0 saturated heterocycles. The molecule has 0 atom stereocenters. The molecule has 0 unspecified atom stereocenters. The van der Waals surface area contributed by atoms with Crippen molar-refractivity contribution in [3.05, 3.63) is 46.4 Å². The summed E-state index contributed by atoms with van der Waals surface area (Å²) in [6.07, 6.45) is 1.56. The topological polar surface area (TPSA) is 124 Å². The highest BCUT2D eigenvalue weighted by Crippen LogP contribution is 2.37. The third kappa shape index (κ3) is 4.36. The van der Waals surface area contributed by atoms with E-state index >= 15 is 0 Å². The first-order valence-electron chi connectivity index (χ1n) is 9.68. The molecule has 3 rings (SSSR count). The third-order valence-electron chi connectivity index (χ3n) is 4.80. The Morgan fingerprint density at radius 2 is 1.90 bits per heavy atom. The van der Waals surface area contributed by atoms with Crippen LogP contribution in [0.2, 0.25) is 0 Å². The van der Waals surface area contributed by atoms with Gasteiger partial charge in [-0.15, -0.1) is 10.2 Å². The summed E-state index contributed by atoms with van der Waals surface area (Å²) in [7, 11) is -3.81. The van der Waals surface area contributed by atoms with E-state index in [0.717, 1.165) is 23.4 Å². The van der Waals surface area contributed by atoms with Gasteiger partial charge in [-0.05, 0) is 43.8 Å². The number of sulfonamides is 1. The second-order valence-electron chi connectivity index (χ2n) is 6.52. The van der Waals surface area contributed by atoms with Crippen molar-refractivity contribution in [2.75, 3.05) is 13.1 Å². The van der Waals surface area contributed by atoms with E-state index in [1.807, 2.05) is 18.4 Å². The molecule has 31 heavy (non-hydrogen) atoms. The summed E-state index contributed by atoms with van der Waals surface area (Å²) >= 11 is 1.07. The number of hydrogen-bond donors (Lipinski definition) is 0. The molecule has 0 fully saturated rings. The standard InChI is InChI=1S/C19H23N5O5S2/c1-5-22(6-2)31(27,28)14-8-9-17(16(12-14)24(25)26)30-19-21-20-18(23(19)7-3)15-10-11-29-13(15)4/h8-12H,5-7H2,1-4H3. The van der Waals surface area contributed by atoms with E-state index in [2.05, 4.69) is 10.2 Å². The van der Waals surface area contributed by atoms with Gasteiger partial charge < -0.3 is 8.98 Å². The van der Waals surface area contributed by atoms with E-state index in [4.69, 9.17) is 4.42 Å². The lowest BCUT2D eigenvalue weighted by Crippen LogP contribution is -2.30. The smallest absolute Gasteiger partial charge is 0.284 e. The maximum atomic E-state index is 12.8.